The van der Waals surface area contributed by atoms with Crippen LogP contribution in [0.1, 0.15) is 26.2 Å². The number of hydrogen-bond donors (Lipinski definition) is 0. The first-order valence-electron chi connectivity index (χ1n) is 6.53. The van der Waals surface area contributed by atoms with Gasteiger partial charge in [0.25, 0.3) is 0 Å². The zero-order valence-electron chi connectivity index (χ0n) is 11.1. The maximum atomic E-state index is 4.70. The van der Waals surface area contributed by atoms with Gasteiger partial charge in [-0.3, -0.25) is 0 Å². The molecule has 3 heteroatoms. The molecule has 0 fully saturated rings. The lowest BCUT2D eigenvalue weighted by Crippen LogP contribution is -2.18. The summed E-state index contributed by atoms with van der Waals surface area (Å²) in [7, 11) is 2.13. The van der Waals surface area contributed by atoms with E-state index in [1.165, 1.54) is 24.8 Å². The van der Waals surface area contributed by atoms with E-state index in [2.05, 4.69) is 48.5 Å². The van der Waals surface area contributed by atoms with Crippen LogP contribution < -0.4 is 4.90 Å². The molecule has 2 nitrogen and oxygen atoms in total. The summed E-state index contributed by atoms with van der Waals surface area (Å²) >= 11 is 1.73. The molecular weight excluding hydrogens is 240 g/mol. The molecule has 0 aliphatic rings. The quantitative estimate of drug-likeness (QED) is 0.714. The van der Waals surface area contributed by atoms with E-state index in [-0.39, 0.29) is 0 Å². The van der Waals surface area contributed by atoms with Gasteiger partial charge in [-0.15, -0.1) is 11.3 Å². The van der Waals surface area contributed by atoms with E-state index in [1.54, 1.807) is 11.3 Å². The first-order valence-corrected chi connectivity index (χ1v) is 7.41. The summed E-state index contributed by atoms with van der Waals surface area (Å²) in [4.78, 5) is 6.96. The summed E-state index contributed by atoms with van der Waals surface area (Å²) in [5.41, 5.74) is 2.28. The summed E-state index contributed by atoms with van der Waals surface area (Å²) in [6.45, 7) is 3.33. The molecule has 0 radical (unpaired) electrons. The molecular formula is C15H20N2S. The zero-order valence-corrected chi connectivity index (χ0v) is 11.9. The maximum absolute atomic E-state index is 4.70. The number of rotatable bonds is 6. The third kappa shape index (κ3) is 3.33. The fourth-order valence-corrected chi connectivity index (χ4v) is 2.70. The predicted octanol–water partition coefficient (Wildman–Crippen LogP) is 4.44. The third-order valence-corrected chi connectivity index (χ3v) is 3.94. The molecule has 0 saturated carbocycles. The molecule has 1 aromatic heterocycles. The molecule has 0 atom stereocenters. The van der Waals surface area contributed by atoms with Gasteiger partial charge in [0.15, 0.2) is 5.13 Å². The summed E-state index contributed by atoms with van der Waals surface area (Å²) in [6, 6.07) is 10.4. The summed E-state index contributed by atoms with van der Waals surface area (Å²) in [6.07, 6.45) is 3.80. The Balaban J connectivity index is 2.02. The Kier molecular flexibility index (Phi) is 4.76. The highest BCUT2D eigenvalue weighted by atomic mass is 32.1. The minimum Gasteiger partial charge on any atom is -0.351 e. The standard InChI is InChI=1S/C15H20N2S/c1-3-4-8-11-17(2)15-16-14(12-18-15)13-9-6-5-7-10-13/h5-7,9-10,12H,3-4,8,11H2,1-2H3. The Hall–Kier alpha value is -1.35. The topological polar surface area (TPSA) is 16.1 Å². The number of unbranched alkanes of at least 4 members (excludes halogenated alkanes) is 2. The second-order valence-corrected chi connectivity index (χ2v) is 5.35. The normalized spacial score (nSPS) is 10.6. The van der Waals surface area contributed by atoms with Crippen molar-refractivity contribution in [2.24, 2.45) is 0 Å². The Labute approximate surface area is 113 Å². The average molecular weight is 260 g/mol. The maximum Gasteiger partial charge on any atom is 0.185 e. The number of benzene rings is 1. The van der Waals surface area contributed by atoms with E-state index >= 15 is 0 Å². The van der Waals surface area contributed by atoms with E-state index in [9.17, 15) is 0 Å². The lowest BCUT2D eigenvalue weighted by atomic mass is 10.2. The molecule has 0 saturated heterocycles. The van der Waals surface area contributed by atoms with Crippen molar-refractivity contribution < 1.29 is 0 Å². The van der Waals surface area contributed by atoms with Gasteiger partial charge in [0.2, 0.25) is 0 Å². The van der Waals surface area contributed by atoms with Crippen molar-refractivity contribution in [3.8, 4) is 11.3 Å². The van der Waals surface area contributed by atoms with Crippen molar-refractivity contribution in [2.45, 2.75) is 26.2 Å². The van der Waals surface area contributed by atoms with Crippen LogP contribution in [0.5, 0.6) is 0 Å². The van der Waals surface area contributed by atoms with Gasteiger partial charge in [0.1, 0.15) is 0 Å². The number of anilines is 1. The number of hydrogen-bond acceptors (Lipinski definition) is 3. The Bertz CT molecular complexity index is 464. The van der Waals surface area contributed by atoms with E-state index in [0.717, 1.165) is 17.4 Å². The van der Waals surface area contributed by atoms with Crippen molar-refractivity contribution in [2.75, 3.05) is 18.5 Å². The van der Waals surface area contributed by atoms with Crippen molar-refractivity contribution in [1.82, 2.24) is 4.98 Å². The van der Waals surface area contributed by atoms with E-state index in [0.29, 0.717) is 0 Å². The highest BCUT2D eigenvalue weighted by Gasteiger charge is 2.07. The molecule has 0 N–H and O–H groups in total. The van der Waals surface area contributed by atoms with Gasteiger partial charge in [0, 0.05) is 24.5 Å². The molecule has 0 amide bonds. The second kappa shape index (κ2) is 6.55. The van der Waals surface area contributed by atoms with E-state index in [4.69, 9.17) is 4.98 Å². The summed E-state index contributed by atoms with van der Waals surface area (Å²) in [5.74, 6) is 0. The number of thiazole rings is 1. The number of aromatic nitrogens is 1. The minimum absolute atomic E-state index is 1.08. The van der Waals surface area contributed by atoms with Gasteiger partial charge in [0.05, 0.1) is 5.69 Å². The van der Waals surface area contributed by atoms with Gasteiger partial charge < -0.3 is 4.90 Å². The lowest BCUT2D eigenvalue weighted by molar-refractivity contribution is 0.704. The van der Waals surface area contributed by atoms with Gasteiger partial charge in [-0.1, -0.05) is 50.1 Å². The van der Waals surface area contributed by atoms with Gasteiger partial charge in [-0.05, 0) is 6.42 Å². The summed E-state index contributed by atoms with van der Waals surface area (Å²) < 4.78 is 0. The van der Waals surface area contributed by atoms with Crippen LogP contribution in [-0.2, 0) is 0 Å². The van der Waals surface area contributed by atoms with Crippen LogP contribution in [0, 0.1) is 0 Å². The van der Waals surface area contributed by atoms with Crippen molar-refractivity contribution in [1.29, 1.82) is 0 Å². The Morgan fingerprint density at radius 1 is 1.17 bits per heavy atom. The molecule has 96 valence electrons. The molecule has 0 aliphatic heterocycles. The van der Waals surface area contributed by atoms with Crippen LogP contribution in [-0.4, -0.2) is 18.6 Å². The summed E-state index contributed by atoms with van der Waals surface area (Å²) in [5, 5.41) is 3.26. The minimum atomic E-state index is 1.08. The predicted molar refractivity (Wildman–Crippen MR) is 80.3 cm³/mol. The first-order chi connectivity index (χ1) is 8.81. The highest BCUT2D eigenvalue weighted by molar-refractivity contribution is 7.14. The number of nitrogens with zero attached hydrogens (tertiary/aromatic N) is 2. The van der Waals surface area contributed by atoms with Crippen LogP contribution in [0.25, 0.3) is 11.3 Å². The van der Waals surface area contributed by atoms with Crippen LogP contribution in [0.4, 0.5) is 5.13 Å². The molecule has 2 aromatic rings. The zero-order chi connectivity index (χ0) is 12.8. The molecule has 1 aromatic carbocycles. The molecule has 0 spiro atoms. The van der Waals surface area contributed by atoms with Gasteiger partial charge in [-0.2, -0.15) is 0 Å². The highest BCUT2D eigenvalue weighted by Crippen LogP contribution is 2.26. The molecule has 18 heavy (non-hydrogen) atoms. The fraction of sp³-hybridized carbons (Fsp3) is 0.400. The van der Waals surface area contributed by atoms with Gasteiger partial charge in [-0.25, -0.2) is 4.98 Å². The van der Waals surface area contributed by atoms with Crippen molar-refractivity contribution in [3.05, 3.63) is 35.7 Å². The lowest BCUT2D eigenvalue weighted by Gasteiger charge is -2.14. The molecule has 0 bridgehead atoms. The first kappa shape index (κ1) is 13.1. The monoisotopic (exact) mass is 260 g/mol. The van der Waals surface area contributed by atoms with E-state index in [1.807, 2.05) is 6.07 Å². The molecule has 0 unspecified atom stereocenters. The SMILES string of the molecule is CCCCCN(C)c1nc(-c2ccccc2)cs1. The van der Waals surface area contributed by atoms with Crippen LogP contribution >= 0.6 is 11.3 Å². The molecule has 1 heterocycles. The van der Waals surface area contributed by atoms with Gasteiger partial charge >= 0.3 is 0 Å². The Morgan fingerprint density at radius 2 is 1.94 bits per heavy atom. The third-order valence-electron chi connectivity index (χ3n) is 2.99. The smallest absolute Gasteiger partial charge is 0.185 e. The second-order valence-electron chi connectivity index (χ2n) is 4.51. The van der Waals surface area contributed by atoms with Crippen LogP contribution in [0.15, 0.2) is 35.7 Å². The van der Waals surface area contributed by atoms with Crippen molar-refractivity contribution >= 4 is 16.5 Å². The van der Waals surface area contributed by atoms with Crippen molar-refractivity contribution in [3.63, 3.8) is 0 Å². The molecule has 2 rings (SSSR count). The molecule has 0 aliphatic carbocycles. The average Bonchev–Trinajstić information content (AvgIpc) is 2.89. The van der Waals surface area contributed by atoms with Crippen LogP contribution in [0.3, 0.4) is 0 Å². The fourth-order valence-electron chi connectivity index (χ4n) is 1.88. The Morgan fingerprint density at radius 3 is 2.67 bits per heavy atom. The van der Waals surface area contributed by atoms with E-state index < -0.39 is 0 Å². The van der Waals surface area contributed by atoms with Crippen LogP contribution in [0.2, 0.25) is 0 Å². The largest absolute Gasteiger partial charge is 0.351 e.